The summed E-state index contributed by atoms with van der Waals surface area (Å²) in [4.78, 5) is 19.0. The highest BCUT2D eigenvalue weighted by atomic mass is 32.2. The largest absolute Gasteiger partial charge is 0.301 e. The first kappa shape index (κ1) is 17.7. The Morgan fingerprint density at radius 3 is 2.24 bits per heavy atom. The number of carbonyl (C=O) groups is 1. The lowest BCUT2D eigenvalue weighted by molar-refractivity contribution is -0.113. The molecule has 3 rings (SSSR count). The Morgan fingerprint density at radius 2 is 1.60 bits per heavy atom. The summed E-state index contributed by atoms with van der Waals surface area (Å²) >= 11 is 3.04. The summed E-state index contributed by atoms with van der Waals surface area (Å²) in [6, 6.07) is 16.5. The van der Waals surface area contributed by atoms with Crippen LogP contribution in [-0.4, -0.2) is 16.6 Å². The molecule has 1 N–H and O–H groups in total. The maximum Gasteiger partial charge on any atom is 0.236 e. The van der Waals surface area contributed by atoms with Crippen LogP contribution in [0, 0.1) is 20.8 Å². The highest BCUT2D eigenvalue weighted by molar-refractivity contribution is 8.00. The lowest BCUT2D eigenvalue weighted by Gasteiger charge is -2.03. The minimum atomic E-state index is -0.0326. The molecule has 0 aliphatic heterocycles. The van der Waals surface area contributed by atoms with E-state index >= 15 is 0 Å². The maximum absolute atomic E-state index is 12.2. The van der Waals surface area contributed by atoms with Crippen molar-refractivity contribution in [2.75, 3.05) is 11.1 Å². The van der Waals surface area contributed by atoms with Crippen molar-refractivity contribution in [2.45, 2.75) is 25.7 Å². The van der Waals surface area contributed by atoms with Crippen molar-refractivity contribution in [1.82, 2.24) is 4.98 Å². The van der Waals surface area contributed by atoms with Crippen LogP contribution in [-0.2, 0) is 4.79 Å². The molecular weight excluding hydrogens is 348 g/mol. The topological polar surface area (TPSA) is 42.0 Å². The minimum Gasteiger partial charge on any atom is -0.301 e. The zero-order chi connectivity index (χ0) is 17.8. The zero-order valence-corrected chi connectivity index (χ0v) is 16.1. The highest BCUT2D eigenvalue weighted by Gasteiger charge is 2.12. The van der Waals surface area contributed by atoms with Crippen LogP contribution in [0.3, 0.4) is 0 Å². The molecule has 0 saturated carbocycles. The van der Waals surface area contributed by atoms with Gasteiger partial charge in [-0.3, -0.25) is 4.79 Å². The van der Waals surface area contributed by atoms with Crippen LogP contribution in [0.4, 0.5) is 5.13 Å². The van der Waals surface area contributed by atoms with Crippen LogP contribution in [0.15, 0.2) is 53.4 Å². The van der Waals surface area contributed by atoms with Crippen molar-refractivity contribution in [1.29, 1.82) is 0 Å². The number of carbonyl (C=O) groups excluding carboxylic acids is 1. The molecule has 0 fully saturated rings. The van der Waals surface area contributed by atoms with Gasteiger partial charge in [0.2, 0.25) is 5.91 Å². The Morgan fingerprint density at radius 1 is 1.00 bits per heavy atom. The fourth-order valence-corrected chi connectivity index (χ4v) is 3.92. The molecule has 0 atom stereocenters. The predicted molar refractivity (Wildman–Crippen MR) is 108 cm³/mol. The Labute approximate surface area is 156 Å². The molecular formula is C20H20N2OS2. The first-order valence-electron chi connectivity index (χ1n) is 8.05. The van der Waals surface area contributed by atoms with E-state index in [-0.39, 0.29) is 5.91 Å². The van der Waals surface area contributed by atoms with Gasteiger partial charge in [0.05, 0.1) is 11.4 Å². The Hall–Kier alpha value is -2.11. The second-order valence-electron chi connectivity index (χ2n) is 5.94. The second-order valence-corrected chi connectivity index (χ2v) is 8.19. The fraction of sp³-hybridized carbons (Fsp3) is 0.200. The van der Waals surface area contributed by atoms with E-state index in [4.69, 9.17) is 0 Å². The zero-order valence-electron chi connectivity index (χ0n) is 14.5. The van der Waals surface area contributed by atoms with Gasteiger partial charge in [-0.2, -0.15) is 0 Å². The number of hydrogen-bond acceptors (Lipinski definition) is 4. The van der Waals surface area contributed by atoms with E-state index in [1.807, 2.05) is 19.1 Å². The van der Waals surface area contributed by atoms with E-state index in [0.29, 0.717) is 10.9 Å². The number of anilines is 1. The number of thioether (sulfide) groups is 1. The number of aryl methyl sites for hydroxylation is 3. The quantitative estimate of drug-likeness (QED) is 0.608. The van der Waals surface area contributed by atoms with Crippen LogP contribution >= 0.6 is 23.1 Å². The number of amides is 1. The average Bonchev–Trinajstić information content (AvgIpc) is 2.95. The summed E-state index contributed by atoms with van der Waals surface area (Å²) in [5, 5.41) is 3.57. The number of thiazole rings is 1. The molecule has 0 aliphatic rings. The molecule has 0 spiro atoms. The van der Waals surface area contributed by atoms with Crippen molar-refractivity contribution in [3.8, 4) is 11.3 Å². The van der Waals surface area contributed by atoms with Crippen molar-refractivity contribution in [2.24, 2.45) is 0 Å². The smallest absolute Gasteiger partial charge is 0.236 e. The molecule has 3 aromatic rings. The van der Waals surface area contributed by atoms with Gasteiger partial charge in [0.1, 0.15) is 0 Å². The van der Waals surface area contributed by atoms with Gasteiger partial charge in [-0.05, 0) is 32.9 Å². The molecule has 1 heterocycles. The molecule has 0 radical (unpaired) electrons. The minimum absolute atomic E-state index is 0.0326. The van der Waals surface area contributed by atoms with E-state index in [0.717, 1.165) is 21.0 Å². The third-order valence-corrected chi connectivity index (χ3v) is 5.66. The first-order valence-corrected chi connectivity index (χ1v) is 9.85. The standard InChI is InChI=1S/C20H20N2OS2/c1-13-4-8-16(9-5-13)19-15(3)25-20(22-19)21-18(23)12-24-17-10-6-14(2)7-11-17/h4-11H,12H2,1-3H3,(H,21,22,23). The number of nitrogens with zero attached hydrogens (tertiary/aromatic N) is 1. The summed E-state index contributed by atoms with van der Waals surface area (Å²) in [5.41, 5.74) is 4.45. The maximum atomic E-state index is 12.2. The van der Waals surface area contributed by atoms with E-state index in [1.54, 1.807) is 0 Å². The average molecular weight is 369 g/mol. The molecule has 3 nitrogen and oxygen atoms in total. The third kappa shape index (κ3) is 4.71. The number of nitrogens with one attached hydrogen (secondary N) is 1. The van der Waals surface area contributed by atoms with Crippen molar-refractivity contribution >= 4 is 34.1 Å². The van der Waals surface area contributed by atoms with Crippen molar-refractivity contribution in [3.05, 3.63) is 64.5 Å². The Balaban J connectivity index is 1.62. The van der Waals surface area contributed by atoms with E-state index in [1.165, 1.54) is 34.2 Å². The Bertz CT molecular complexity index is 868. The van der Waals surface area contributed by atoms with Gasteiger partial charge in [0.25, 0.3) is 0 Å². The normalized spacial score (nSPS) is 10.7. The van der Waals surface area contributed by atoms with Gasteiger partial charge >= 0.3 is 0 Å². The van der Waals surface area contributed by atoms with Crippen LogP contribution < -0.4 is 5.32 Å². The molecule has 0 aliphatic carbocycles. The van der Waals surface area contributed by atoms with Crippen molar-refractivity contribution in [3.63, 3.8) is 0 Å². The SMILES string of the molecule is Cc1ccc(SCC(=O)Nc2nc(-c3ccc(C)cc3)c(C)s2)cc1. The lowest BCUT2D eigenvalue weighted by Crippen LogP contribution is -2.13. The van der Waals surface area contributed by atoms with Gasteiger partial charge in [0, 0.05) is 15.3 Å². The monoisotopic (exact) mass is 368 g/mol. The summed E-state index contributed by atoms with van der Waals surface area (Å²) < 4.78 is 0. The summed E-state index contributed by atoms with van der Waals surface area (Å²) in [7, 11) is 0. The number of rotatable bonds is 5. The molecule has 0 unspecified atom stereocenters. The van der Waals surface area contributed by atoms with Gasteiger partial charge in [-0.15, -0.1) is 23.1 Å². The number of hydrogen-bond donors (Lipinski definition) is 1. The number of aromatic nitrogens is 1. The molecule has 2 aromatic carbocycles. The van der Waals surface area contributed by atoms with Gasteiger partial charge in [-0.25, -0.2) is 4.98 Å². The predicted octanol–water partition coefficient (Wildman–Crippen LogP) is 5.47. The summed E-state index contributed by atoms with van der Waals surface area (Å²) in [6.45, 7) is 6.15. The highest BCUT2D eigenvalue weighted by Crippen LogP contribution is 2.30. The van der Waals surface area contributed by atoms with Gasteiger partial charge in [-0.1, -0.05) is 47.5 Å². The molecule has 1 amide bonds. The number of benzene rings is 2. The molecule has 1 aromatic heterocycles. The van der Waals surface area contributed by atoms with Crippen LogP contribution in [0.1, 0.15) is 16.0 Å². The first-order chi connectivity index (χ1) is 12.0. The van der Waals surface area contributed by atoms with Crippen LogP contribution in [0.2, 0.25) is 0 Å². The fourth-order valence-electron chi connectivity index (χ4n) is 2.37. The second kappa shape index (κ2) is 7.85. The van der Waals surface area contributed by atoms with E-state index in [9.17, 15) is 4.79 Å². The van der Waals surface area contributed by atoms with Crippen LogP contribution in [0.25, 0.3) is 11.3 Å². The van der Waals surface area contributed by atoms with E-state index < -0.39 is 0 Å². The van der Waals surface area contributed by atoms with Crippen LogP contribution in [0.5, 0.6) is 0 Å². The summed E-state index contributed by atoms with van der Waals surface area (Å²) in [6.07, 6.45) is 0. The molecule has 0 saturated heterocycles. The van der Waals surface area contributed by atoms with E-state index in [2.05, 4.69) is 60.5 Å². The molecule has 128 valence electrons. The molecule has 25 heavy (non-hydrogen) atoms. The third-order valence-electron chi connectivity index (χ3n) is 3.76. The summed E-state index contributed by atoms with van der Waals surface area (Å²) in [5.74, 6) is 0.344. The molecule has 0 bridgehead atoms. The lowest BCUT2D eigenvalue weighted by atomic mass is 10.1. The Kier molecular flexibility index (Phi) is 5.56. The molecule has 5 heteroatoms. The van der Waals surface area contributed by atoms with Crippen molar-refractivity contribution < 1.29 is 4.79 Å². The van der Waals surface area contributed by atoms with Gasteiger partial charge < -0.3 is 5.32 Å². The van der Waals surface area contributed by atoms with Gasteiger partial charge in [0.15, 0.2) is 5.13 Å².